The topological polar surface area (TPSA) is 103 Å². The number of hydrogen-bond donors (Lipinski definition) is 3. The van der Waals surface area contributed by atoms with Gasteiger partial charge in [-0.2, -0.15) is 0 Å². The molecule has 4 N–H and O–H groups in total. The first kappa shape index (κ1) is 17.7. The Bertz CT molecular complexity index is 160. The molecule has 0 aliphatic heterocycles. The standard InChI is InChI=1S/C11H25NO6/c12-9-11(18-8-7-16-4-2-14)10-17-6-5-15-3-1-13/h11,13-14H,1-10,12H2. The van der Waals surface area contributed by atoms with Crippen molar-refractivity contribution >= 4 is 0 Å². The molecule has 1 unspecified atom stereocenters. The predicted octanol–water partition coefficient (Wildman–Crippen LogP) is -1.64. The van der Waals surface area contributed by atoms with Crippen molar-refractivity contribution in [1.29, 1.82) is 0 Å². The molecule has 110 valence electrons. The highest BCUT2D eigenvalue weighted by atomic mass is 16.6. The van der Waals surface area contributed by atoms with Crippen LogP contribution in [0.3, 0.4) is 0 Å². The first-order chi connectivity index (χ1) is 8.85. The van der Waals surface area contributed by atoms with Crippen molar-refractivity contribution in [1.82, 2.24) is 0 Å². The molecule has 0 saturated heterocycles. The molecule has 0 spiro atoms. The fourth-order valence-electron chi connectivity index (χ4n) is 1.12. The lowest BCUT2D eigenvalue weighted by atomic mass is 10.4. The molecule has 7 nitrogen and oxygen atoms in total. The van der Waals surface area contributed by atoms with E-state index in [1.165, 1.54) is 0 Å². The van der Waals surface area contributed by atoms with Crippen LogP contribution in [0, 0.1) is 0 Å². The second-order valence-electron chi connectivity index (χ2n) is 3.48. The third-order valence-electron chi connectivity index (χ3n) is 1.99. The van der Waals surface area contributed by atoms with Gasteiger partial charge in [-0.25, -0.2) is 0 Å². The Morgan fingerprint density at radius 2 is 1.33 bits per heavy atom. The van der Waals surface area contributed by atoms with Gasteiger partial charge in [-0.3, -0.25) is 0 Å². The van der Waals surface area contributed by atoms with E-state index >= 15 is 0 Å². The zero-order valence-corrected chi connectivity index (χ0v) is 10.8. The van der Waals surface area contributed by atoms with Gasteiger partial charge in [-0.1, -0.05) is 0 Å². The van der Waals surface area contributed by atoms with Crippen LogP contribution in [0.1, 0.15) is 0 Å². The summed E-state index contributed by atoms with van der Waals surface area (Å²) in [6.07, 6.45) is -0.166. The number of aliphatic hydroxyl groups is 2. The van der Waals surface area contributed by atoms with Crippen LogP contribution in [0.15, 0.2) is 0 Å². The summed E-state index contributed by atoms with van der Waals surface area (Å²) in [6, 6.07) is 0. The predicted molar refractivity (Wildman–Crippen MR) is 65.4 cm³/mol. The minimum absolute atomic E-state index is 0.0112. The van der Waals surface area contributed by atoms with Crippen molar-refractivity contribution in [3.63, 3.8) is 0 Å². The van der Waals surface area contributed by atoms with Crippen molar-refractivity contribution in [3.8, 4) is 0 Å². The van der Waals surface area contributed by atoms with Gasteiger partial charge in [0.25, 0.3) is 0 Å². The zero-order valence-electron chi connectivity index (χ0n) is 10.8. The summed E-state index contributed by atoms with van der Waals surface area (Å²) in [4.78, 5) is 0. The molecule has 1 atom stereocenters. The fourth-order valence-corrected chi connectivity index (χ4v) is 1.12. The molecule has 0 amide bonds. The fraction of sp³-hybridized carbons (Fsp3) is 1.00. The minimum Gasteiger partial charge on any atom is -0.394 e. The Balaban J connectivity index is 3.29. The van der Waals surface area contributed by atoms with Gasteiger partial charge in [0.05, 0.1) is 65.6 Å². The summed E-state index contributed by atoms with van der Waals surface area (Å²) in [5, 5.41) is 17.0. The molecule has 0 saturated carbocycles. The molecule has 18 heavy (non-hydrogen) atoms. The quantitative estimate of drug-likeness (QED) is 0.324. The molecule has 0 aliphatic rings. The third-order valence-corrected chi connectivity index (χ3v) is 1.99. The molecular weight excluding hydrogens is 242 g/mol. The maximum absolute atomic E-state index is 8.49. The largest absolute Gasteiger partial charge is 0.394 e. The molecule has 0 fully saturated rings. The Kier molecular flexibility index (Phi) is 14.5. The molecule has 0 bridgehead atoms. The summed E-state index contributed by atoms with van der Waals surface area (Å²) < 4.78 is 20.8. The average Bonchev–Trinajstić information content (AvgIpc) is 2.40. The van der Waals surface area contributed by atoms with E-state index in [0.717, 1.165) is 0 Å². The van der Waals surface area contributed by atoms with Crippen LogP contribution in [0.5, 0.6) is 0 Å². The van der Waals surface area contributed by atoms with Crippen LogP contribution in [-0.4, -0.2) is 82.3 Å². The van der Waals surface area contributed by atoms with Gasteiger partial charge >= 0.3 is 0 Å². The van der Waals surface area contributed by atoms with Gasteiger partial charge in [-0.05, 0) is 0 Å². The summed E-state index contributed by atoms with van der Waals surface area (Å²) in [5.41, 5.74) is 5.53. The molecule has 7 heteroatoms. The smallest absolute Gasteiger partial charge is 0.0931 e. The molecular formula is C11H25NO6. The highest BCUT2D eigenvalue weighted by Gasteiger charge is 2.06. The highest BCUT2D eigenvalue weighted by molar-refractivity contribution is 4.56. The summed E-state index contributed by atoms with van der Waals surface area (Å²) in [7, 11) is 0. The molecule has 0 aliphatic carbocycles. The highest BCUT2D eigenvalue weighted by Crippen LogP contribution is 1.92. The average molecular weight is 267 g/mol. The zero-order chi connectivity index (χ0) is 13.5. The van der Waals surface area contributed by atoms with E-state index in [1.54, 1.807) is 0 Å². The number of aliphatic hydroxyl groups excluding tert-OH is 2. The van der Waals surface area contributed by atoms with Gasteiger partial charge in [0.15, 0.2) is 0 Å². The second kappa shape index (κ2) is 14.8. The number of nitrogens with two attached hydrogens (primary N) is 1. The number of ether oxygens (including phenoxy) is 4. The SMILES string of the molecule is NCC(COCCOCCO)OCCOCCO. The summed E-state index contributed by atoms with van der Waals surface area (Å²) in [5.74, 6) is 0. The first-order valence-electron chi connectivity index (χ1n) is 6.11. The van der Waals surface area contributed by atoms with Gasteiger partial charge < -0.3 is 34.9 Å². The molecule has 0 radical (unpaired) electrons. The van der Waals surface area contributed by atoms with Crippen LogP contribution in [0.2, 0.25) is 0 Å². The van der Waals surface area contributed by atoms with Crippen LogP contribution < -0.4 is 5.73 Å². The summed E-state index contributed by atoms with van der Waals surface area (Å²) in [6.45, 7) is 3.18. The number of rotatable bonds is 14. The van der Waals surface area contributed by atoms with Crippen LogP contribution in [0.25, 0.3) is 0 Å². The van der Waals surface area contributed by atoms with E-state index in [0.29, 0.717) is 52.8 Å². The monoisotopic (exact) mass is 267 g/mol. The third kappa shape index (κ3) is 12.2. The maximum Gasteiger partial charge on any atom is 0.0931 e. The van der Waals surface area contributed by atoms with Crippen molar-refractivity contribution < 1.29 is 29.2 Å². The Labute approximate surface area is 108 Å². The van der Waals surface area contributed by atoms with Crippen molar-refractivity contribution in [3.05, 3.63) is 0 Å². The van der Waals surface area contributed by atoms with E-state index in [2.05, 4.69) is 0 Å². The summed E-state index contributed by atoms with van der Waals surface area (Å²) >= 11 is 0. The molecule has 0 heterocycles. The van der Waals surface area contributed by atoms with Crippen LogP contribution >= 0.6 is 0 Å². The molecule has 0 aromatic heterocycles. The van der Waals surface area contributed by atoms with Gasteiger partial charge in [-0.15, -0.1) is 0 Å². The lowest BCUT2D eigenvalue weighted by Crippen LogP contribution is -2.30. The van der Waals surface area contributed by atoms with Crippen LogP contribution in [0.4, 0.5) is 0 Å². The van der Waals surface area contributed by atoms with Gasteiger partial charge in [0, 0.05) is 6.54 Å². The molecule has 0 aromatic carbocycles. The normalized spacial score (nSPS) is 12.8. The Hall–Kier alpha value is -0.280. The minimum atomic E-state index is -0.166. The van der Waals surface area contributed by atoms with E-state index in [4.69, 9.17) is 34.9 Å². The second-order valence-corrected chi connectivity index (χ2v) is 3.48. The van der Waals surface area contributed by atoms with E-state index in [-0.39, 0.29) is 19.3 Å². The lowest BCUT2D eigenvalue weighted by molar-refractivity contribution is -0.0467. The molecule has 0 rings (SSSR count). The van der Waals surface area contributed by atoms with Gasteiger partial charge in [0.2, 0.25) is 0 Å². The van der Waals surface area contributed by atoms with Crippen molar-refractivity contribution in [2.45, 2.75) is 6.10 Å². The Morgan fingerprint density at radius 1 is 0.778 bits per heavy atom. The van der Waals surface area contributed by atoms with E-state index in [1.807, 2.05) is 0 Å². The molecule has 0 aromatic rings. The van der Waals surface area contributed by atoms with Crippen molar-refractivity contribution in [2.24, 2.45) is 5.73 Å². The van der Waals surface area contributed by atoms with E-state index < -0.39 is 0 Å². The van der Waals surface area contributed by atoms with E-state index in [9.17, 15) is 0 Å². The number of hydrogen-bond acceptors (Lipinski definition) is 7. The Morgan fingerprint density at radius 3 is 1.89 bits per heavy atom. The van der Waals surface area contributed by atoms with Crippen molar-refractivity contribution in [2.75, 3.05) is 66.0 Å². The van der Waals surface area contributed by atoms with Gasteiger partial charge in [0.1, 0.15) is 0 Å². The maximum atomic E-state index is 8.49. The van der Waals surface area contributed by atoms with Crippen LogP contribution in [-0.2, 0) is 18.9 Å². The lowest BCUT2D eigenvalue weighted by Gasteiger charge is -2.16. The first-order valence-corrected chi connectivity index (χ1v) is 6.11.